The van der Waals surface area contributed by atoms with Crippen molar-refractivity contribution in [3.8, 4) is 16.3 Å². The number of hydrogen-bond acceptors (Lipinski definition) is 6. The second-order valence-electron chi connectivity index (χ2n) is 6.49. The van der Waals surface area contributed by atoms with Crippen LogP contribution in [0.5, 0.6) is 5.75 Å². The van der Waals surface area contributed by atoms with E-state index >= 15 is 0 Å². The van der Waals surface area contributed by atoms with Gasteiger partial charge in [0.05, 0.1) is 12.8 Å². The quantitative estimate of drug-likeness (QED) is 0.765. The lowest BCUT2D eigenvalue weighted by atomic mass is 10.2. The highest BCUT2D eigenvalue weighted by molar-refractivity contribution is 7.13. The third-order valence-corrected chi connectivity index (χ3v) is 5.54. The summed E-state index contributed by atoms with van der Waals surface area (Å²) >= 11 is 1.67. The number of carboxylic acid groups (broad SMARTS) is 1. The smallest absolute Gasteiger partial charge is 0.303 e. The summed E-state index contributed by atoms with van der Waals surface area (Å²) in [5, 5.41) is 11.9. The molecule has 0 bridgehead atoms. The monoisotopic (exact) mass is 375 g/mol. The molecule has 26 heavy (non-hydrogen) atoms. The molecule has 140 valence electrons. The summed E-state index contributed by atoms with van der Waals surface area (Å²) in [6.45, 7) is 5.74. The molecule has 2 aromatic rings. The van der Waals surface area contributed by atoms with Crippen molar-refractivity contribution in [2.75, 3.05) is 39.8 Å². The third kappa shape index (κ3) is 5.27. The van der Waals surface area contributed by atoms with Crippen LogP contribution in [-0.2, 0) is 11.3 Å². The first kappa shape index (κ1) is 18.8. The van der Waals surface area contributed by atoms with E-state index in [0.717, 1.165) is 67.7 Å². The molecule has 7 heteroatoms. The summed E-state index contributed by atoms with van der Waals surface area (Å²) < 4.78 is 5.20. The first-order valence-electron chi connectivity index (χ1n) is 8.89. The average Bonchev–Trinajstić information content (AvgIpc) is 3.11. The molecule has 2 heterocycles. The molecular weight excluding hydrogens is 350 g/mol. The number of methoxy groups -OCH3 is 1. The van der Waals surface area contributed by atoms with E-state index in [2.05, 4.69) is 15.2 Å². The zero-order chi connectivity index (χ0) is 18.4. The highest BCUT2D eigenvalue weighted by Gasteiger charge is 2.18. The number of rotatable bonds is 8. The average molecular weight is 375 g/mol. The third-order valence-electron chi connectivity index (χ3n) is 4.60. The summed E-state index contributed by atoms with van der Waals surface area (Å²) in [5.41, 5.74) is 2.23. The van der Waals surface area contributed by atoms with Crippen molar-refractivity contribution >= 4 is 17.3 Å². The number of aromatic nitrogens is 1. The Balaban J connectivity index is 1.47. The van der Waals surface area contributed by atoms with E-state index in [9.17, 15) is 4.79 Å². The van der Waals surface area contributed by atoms with Crippen LogP contribution >= 0.6 is 11.3 Å². The number of benzene rings is 1. The van der Waals surface area contributed by atoms with Gasteiger partial charge in [-0.1, -0.05) is 0 Å². The van der Waals surface area contributed by atoms with Crippen LogP contribution < -0.4 is 4.74 Å². The molecule has 1 aliphatic rings. The van der Waals surface area contributed by atoms with Gasteiger partial charge in [-0.25, -0.2) is 4.98 Å². The van der Waals surface area contributed by atoms with E-state index in [1.165, 1.54) is 0 Å². The highest BCUT2D eigenvalue weighted by Crippen LogP contribution is 2.26. The molecule has 0 atom stereocenters. The van der Waals surface area contributed by atoms with Crippen LogP contribution in [0.2, 0.25) is 0 Å². The van der Waals surface area contributed by atoms with Gasteiger partial charge in [-0.2, -0.15) is 0 Å². The number of nitrogens with zero attached hydrogens (tertiary/aromatic N) is 3. The Hall–Kier alpha value is -1.96. The Kier molecular flexibility index (Phi) is 6.60. The van der Waals surface area contributed by atoms with Gasteiger partial charge in [-0.15, -0.1) is 11.3 Å². The largest absolute Gasteiger partial charge is 0.497 e. The van der Waals surface area contributed by atoms with Crippen LogP contribution in [0.3, 0.4) is 0 Å². The lowest BCUT2D eigenvalue weighted by Gasteiger charge is -2.34. The fourth-order valence-electron chi connectivity index (χ4n) is 3.10. The maximum atomic E-state index is 10.6. The van der Waals surface area contributed by atoms with Gasteiger partial charge in [0, 0.05) is 50.1 Å². The summed E-state index contributed by atoms with van der Waals surface area (Å²) in [7, 11) is 1.67. The SMILES string of the molecule is COc1ccc(-c2nc(CN3CCN(CCCC(=O)O)CC3)cs2)cc1. The maximum absolute atomic E-state index is 10.6. The van der Waals surface area contributed by atoms with Gasteiger partial charge in [-0.3, -0.25) is 9.69 Å². The van der Waals surface area contributed by atoms with Crippen LogP contribution in [0, 0.1) is 0 Å². The Morgan fingerprint density at radius 1 is 1.19 bits per heavy atom. The fraction of sp³-hybridized carbons (Fsp3) is 0.474. The number of hydrogen-bond donors (Lipinski definition) is 1. The molecule has 6 nitrogen and oxygen atoms in total. The standard InChI is InChI=1S/C19H25N3O3S/c1-25-17-6-4-15(5-7-17)19-20-16(14-26-19)13-22-11-9-21(10-12-22)8-2-3-18(23)24/h4-7,14H,2-3,8-13H2,1H3,(H,23,24). The van der Waals surface area contributed by atoms with E-state index < -0.39 is 5.97 Å². The summed E-state index contributed by atoms with van der Waals surface area (Å²) in [4.78, 5) is 20.1. The molecule has 0 amide bonds. The molecule has 1 N–H and O–H groups in total. The lowest BCUT2D eigenvalue weighted by Crippen LogP contribution is -2.46. The van der Waals surface area contributed by atoms with Crippen molar-refractivity contribution < 1.29 is 14.6 Å². The highest BCUT2D eigenvalue weighted by atomic mass is 32.1. The van der Waals surface area contributed by atoms with Crippen LogP contribution in [0.1, 0.15) is 18.5 Å². The Labute approximate surface area is 158 Å². The lowest BCUT2D eigenvalue weighted by molar-refractivity contribution is -0.137. The minimum Gasteiger partial charge on any atom is -0.497 e. The number of carboxylic acids is 1. The van der Waals surface area contributed by atoms with Crippen LogP contribution in [-0.4, -0.2) is 65.7 Å². The van der Waals surface area contributed by atoms with Crippen LogP contribution in [0.25, 0.3) is 10.6 Å². The predicted molar refractivity (Wildman–Crippen MR) is 103 cm³/mol. The summed E-state index contributed by atoms with van der Waals surface area (Å²) in [6.07, 6.45) is 0.986. The number of thiazole rings is 1. The number of ether oxygens (including phenoxy) is 1. The van der Waals surface area contributed by atoms with Crippen molar-refractivity contribution in [2.45, 2.75) is 19.4 Å². The maximum Gasteiger partial charge on any atom is 0.303 e. The van der Waals surface area contributed by atoms with E-state index in [-0.39, 0.29) is 6.42 Å². The number of carbonyl (C=O) groups is 1. The molecule has 1 aromatic carbocycles. The molecule has 0 spiro atoms. The number of aliphatic carboxylic acids is 1. The van der Waals surface area contributed by atoms with Crippen LogP contribution in [0.15, 0.2) is 29.6 Å². The Morgan fingerprint density at radius 3 is 2.54 bits per heavy atom. The summed E-state index contributed by atoms with van der Waals surface area (Å²) in [5.74, 6) is 0.145. The first-order chi connectivity index (χ1) is 12.6. The predicted octanol–water partition coefficient (Wildman–Crippen LogP) is 2.80. The number of piperazine rings is 1. The molecule has 3 rings (SSSR count). The summed E-state index contributed by atoms with van der Waals surface area (Å²) in [6, 6.07) is 7.99. The molecule has 0 radical (unpaired) electrons. The fourth-order valence-corrected chi connectivity index (χ4v) is 3.92. The van der Waals surface area contributed by atoms with Gasteiger partial charge < -0.3 is 14.7 Å². The van der Waals surface area contributed by atoms with Gasteiger partial charge in [0.25, 0.3) is 0 Å². The first-order valence-corrected chi connectivity index (χ1v) is 9.77. The topological polar surface area (TPSA) is 65.9 Å². The molecule has 1 saturated heterocycles. The Morgan fingerprint density at radius 2 is 1.88 bits per heavy atom. The molecule has 0 aliphatic carbocycles. The van der Waals surface area contributed by atoms with Gasteiger partial charge in [0.2, 0.25) is 0 Å². The molecule has 1 aliphatic heterocycles. The minimum atomic E-state index is -0.708. The molecule has 0 unspecified atom stereocenters. The van der Waals surface area contributed by atoms with Gasteiger partial charge in [-0.05, 0) is 37.2 Å². The van der Waals surface area contributed by atoms with E-state index in [4.69, 9.17) is 14.8 Å². The van der Waals surface area contributed by atoms with Crippen molar-refractivity contribution in [3.63, 3.8) is 0 Å². The van der Waals surface area contributed by atoms with Gasteiger partial charge in [0.15, 0.2) is 0 Å². The van der Waals surface area contributed by atoms with Crippen molar-refractivity contribution in [2.24, 2.45) is 0 Å². The zero-order valence-electron chi connectivity index (χ0n) is 15.1. The van der Waals surface area contributed by atoms with Crippen molar-refractivity contribution in [3.05, 3.63) is 35.3 Å². The normalized spacial score (nSPS) is 15.9. The molecular formula is C19H25N3O3S. The van der Waals surface area contributed by atoms with E-state index in [1.807, 2.05) is 24.3 Å². The van der Waals surface area contributed by atoms with E-state index in [0.29, 0.717) is 0 Å². The zero-order valence-corrected chi connectivity index (χ0v) is 15.9. The van der Waals surface area contributed by atoms with Crippen molar-refractivity contribution in [1.82, 2.24) is 14.8 Å². The molecule has 1 fully saturated rings. The van der Waals surface area contributed by atoms with Crippen molar-refractivity contribution in [1.29, 1.82) is 0 Å². The van der Waals surface area contributed by atoms with Gasteiger partial charge >= 0.3 is 5.97 Å². The van der Waals surface area contributed by atoms with Gasteiger partial charge in [0.1, 0.15) is 10.8 Å². The van der Waals surface area contributed by atoms with Crippen LogP contribution in [0.4, 0.5) is 0 Å². The second kappa shape index (κ2) is 9.12. The molecule has 0 saturated carbocycles. The molecule has 1 aromatic heterocycles. The Bertz CT molecular complexity index is 709. The second-order valence-corrected chi connectivity index (χ2v) is 7.35. The van der Waals surface area contributed by atoms with E-state index in [1.54, 1.807) is 18.4 Å². The minimum absolute atomic E-state index is 0.257.